The summed E-state index contributed by atoms with van der Waals surface area (Å²) in [6.45, 7) is 0.254. The zero-order chi connectivity index (χ0) is 14.1. The highest BCUT2D eigenvalue weighted by Gasteiger charge is 2.28. The van der Waals surface area contributed by atoms with Gasteiger partial charge in [-0.2, -0.15) is 4.98 Å². The Hall–Kier alpha value is -1.58. The number of fused-ring (bicyclic) bond motifs is 1. The van der Waals surface area contributed by atoms with E-state index >= 15 is 0 Å². The lowest BCUT2D eigenvalue weighted by Gasteiger charge is -2.13. The summed E-state index contributed by atoms with van der Waals surface area (Å²) in [5.74, 6) is 0.0902. The molecule has 2 unspecified atom stereocenters. The van der Waals surface area contributed by atoms with E-state index in [0.29, 0.717) is 23.0 Å². The van der Waals surface area contributed by atoms with Crippen LogP contribution in [-0.2, 0) is 4.74 Å². The second-order valence-corrected chi connectivity index (χ2v) is 6.05. The zero-order valence-corrected chi connectivity index (χ0v) is 11.5. The summed E-state index contributed by atoms with van der Waals surface area (Å²) in [5, 5.41) is 9.15. The topological polar surface area (TPSA) is 119 Å². The van der Waals surface area contributed by atoms with Gasteiger partial charge in [-0.25, -0.2) is 4.98 Å². The number of rotatable bonds is 4. The van der Waals surface area contributed by atoms with Crippen LogP contribution in [0.2, 0.25) is 0 Å². The lowest BCUT2D eigenvalue weighted by molar-refractivity contribution is -0.000520. The SMILES string of the molecule is Nc1nc2c(ncn2C2CCC(COCO)S2)c(=O)[nH]1. The van der Waals surface area contributed by atoms with Crippen LogP contribution >= 0.6 is 11.8 Å². The lowest BCUT2D eigenvalue weighted by atomic mass is 10.2. The lowest BCUT2D eigenvalue weighted by Crippen LogP contribution is -2.13. The molecule has 0 radical (unpaired) electrons. The maximum absolute atomic E-state index is 11.7. The number of nitrogens with two attached hydrogens (primary N) is 1. The van der Waals surface area contributed by atoms with Crippen LogP contribution in [0.15, 0.2) is 11.1 Å². The van der Waals surface area contributed by atoms with Crippen LogP contribution in [0, 0.1) is 0 Å². The van der Waals surface area contributed by atoms with Crippen molar-refractivity contribution in [3.8, 4) is 0 Å². The number of aliphatic hydroxyl groups excluding tert-OH is 1. The van der Waals surface area contributed by atoms with Crippen LogP contribution in [0.4, 0.5) is 5.95 Å². The highest BCUT2D eigenvalue weighted by Crippen LogP contribution is 2.42. The molecular formula is C11H15N5O3S. The van der Waals surface area contributed by atoms with E-state index in [0.717, 1.165) is 12.8 Å². The molecule has 3 rings (SSSR count). The van der Waals surface area contributed by atoms with E-state index in [9.17, 15) is 4.79 Å². The summed E-state index contributed by atoms with van der Waals surface area (Å²) in [7, 11) is 0. The van der Waals surface area contributed by atoms with Gasteiger partial charge in [0.25, 0.3) is 5.56 Å². The van der Waals surface area contributed by atoms with Gasteiger partial charge >= 0.3 is 0 Å². The quantitative estimate of drug-likeness (QED) is 0.683. The number of nitrogen functional groups attached to an aromatic ring is 1. The highest BCUT2D eigenvalue weighted by molar-refractivity contribution is 8.00. The van der Waals surface area contributed by atoms with Gasteiger partial charge < -0.3 is 20.1 Å². The third-order valence-corrected chi connectivity index (χ3v) is 4.77. The van der Waals surface area contributed by atoms with E-state index in [1.807, 2.05) is 4.57 Å². The first-order valence-corrected chi connectivity index (χ1v) is 7.19. The van der Waals surface area contributed by atoms with Gasteiger partial charge in [0.15, 0.2) is 11.2 Å². The fourth-order valence-corrected chi connectivity index (χ4v) is 3.80. The van der Waals surface area contributed by atoms with Gasteiger partial charge in [0.05, 0.1) is 18.3 Å². The zero-order valence-electron chi connectivity index (χ0n) is 10.7. The number of imidazole rings is 1. The Kier molecular flexibility index (Phi) is 3.64. The number of aromatic amines is 1. The van der Waals surface area contributed by atoms with E-state index in [2.05, 4.69) is 15.0 Å². The molecule has 0 aromatic carbocycles. The summed E-state index contributed by atoms with van der Waals surface area (Å²) in [6, 6.07) is 0. The summed E-state index contributed by atoms with van der Waals surface area (Å²) in [4.78, 5) is 22.4. The molecule has 1 fully saturated rings. The molecule has 2 aromatic rings. The Morgan fingerprint density at radius 2 is 2.45 bits per heavy atom. The number of H-pyrrole nitrogens is 1. The molecule has 1 saturated heterocycles. The molecule has 3 heterocycles. The molecule has 4 N–H and O–H groups in total. The minimum atomic E-state index is -0.325. The maximum Gasteiger partial charge on any atom is 0.280 e. The van der Waals surface area contributed by atoms with E-state index in [1.165, 1.54) is 0 Å². The second-order valence-electron chi connectivity index (χ2n) is 4.57. The third kappa shape index (κ3) is 2.39. The highest BCUT2D eigenvalue weighted by atomic mass is 32.2. The first kappa shape index (κ1) is 13.4. The van der Waals surface area contributed by atoms with Crippen LogP contribution in [0.5, 0.6) is 0 Å². The van der Waals surface area contributed by atoms with Crippen LogP contribution in [0.1, 0.15) is 18.2 Å². The molecule has 0 aliphatic carbocycles. The molecule has 9 heteroatoms. The molecule has 0 spiro atoms. The van der Waals surface area contributed by atoms with Crippen molar-refractivity contribution in [2.75, 3.05) is 19.1 Å². The van der Waals surface area contributed by atoms with E-state index in [1.54, 1.807) is 18.1 Å². The van der Waals surface area contributed by atoms with Crippen molar-refractivity contribution in [1.29, 1.82) is 0 Å². The average Bonchev–Trinajstić information content (AvgIpc) is 3.02. The second kappa shape index (κ2) is 5.43. The Morgan fingerprint density at radius 1 is 1.60 bits per heavy atom. The Labute approximate surface area is 118 Å². The van der Waals surface area contributed by atoms with Gasteiger partial charge in [-0.05, 0) is 12.8 Å². The van der Waals surface area contributed by atoms with Gasteiger partial charge in [0.2, 0.25) is 5.95 Å². The van der Waals surface area contributed by atoms with Crippen molar-refractivity contribution in [3.63, 3.8) is 0 Å². The van der Waals surface area contributed by atoms with Gasteiger partial charge in [0, 0.05) is 5.25 Å². The fourth-order valence-electron chi connectivity index (χ4n) is 2.35. The molecule has 20 heavy (non-hydrogen) atoms. The molecule has 2 atom stereocenters. The Morgan fingerprint density at radius 3 is 3.25 bits per heavy atom. The number of hydrogen-bond donors (Lipinski definition) is 3. The molecule has 1 aliphatic heterocycles. The average molecular weight is 297 g/mol. The monoisotopic (exact) mass is 297 g/mol. The van der Waals surface area contributed by atoms with Crippen molar-refractivity contribution < 1.29 is 9.84 Å². The van der Waals surface area contributed by atoms with E-state index in [4.69, 9.17) is 15.6 Å². The number of hydrogen-bond acceptors (Lipinski definition) is 7. The summed E-state index contributed by atoms with van der Waals surface area (Å²) < 4.78 is 6.91. The number of thioether (sulfide) groups is 1. The molecule has 8 nitrogen and oxygen atoms in total. The minimum absolute atomic E-state index is 0.0902. The predicted molar refractivity (Wildman–Crippen MR) is 75.2 cm³/mol. The van der Waals surface area contributed by atoms with Gasteiger partial charge in [-0.1, -0.05) is 0 Å². The van der Waals surface area contributed by atoms with Crippen molar-refractivity contribution in [2.24, 2.45) is 0 Å². The van der Waals surface area contributed by atoms with Crippen molar-refractivity contribution >= 4 is 28.9 Å². The number of aliphatic hydroxyl groups is 1. The number of anilines is 1. The summed E-state index contributed by atoms with van der Waals surface area (Å²) in [5.41, 5.74) is 6.07. The molecule has 0 bridgehead atoms. The largest absolute Gasteiger partial charge is 0.371 e. The smallest absolute Gasteiger partial charge is 0.280 e. The Bertz CT molecular complexity index is 670. The van der Waals surface area contributed by atoms with E-state index in [-0.39, 0.29) is 23.7 Å². The fraction of sp³-hybridized carbons (Fsp3) is 0.545. The van der Waals surface area contributed by atoms with Gasteiger partial charge in [-0.15, -0.1) is 11.8 Å². The molecule has 1 aliphatic rings. The minimum Gasteiger partial charge on any atom is -0.371 e. The number of aromatic nitrogens is 4. The van der Waals surface area contributed by atoms with Crippen LogP contribution in [-0.4, -0.2) is 43.3 Å². The first-order valence-electron chi connectivity index (χ1n) is 6.25. The molecular weight excluding hydrogens is 282 g/mol. The van der Waals surface area contributed by atoms with Crippen LogP contribution < -0.4 is 11.3 Å². The first-order chi connectivity index (χ1) is 9.69. The van der Waals surface area contributed by atoms with Crippen molar-refractivity contribution in [2.45, 2.75) is 23.5 Å². The Balaban J connectivity index is 1.87. The molecule has 2 aromatic heterocycles. The van der Waals surface area contributed by atoms with Gasteiger partial charge in [-0.3, -0.25) is 9.78 Å². The van der Waals surface area contributed by atoms with Crippen molar-refractivity contribution in [1.82, 2.24) is 19.5 Å². The number of ether oxygens (including phenoxy) is 1. The molecule has 0 saturated carbocycles. The van der Waals surface area contributed by atoms with Crippen molar-refractivity contribution in [3.05, 3.63) is 16.7 Å². The van der Waals surface area contributed by atoms with E-state index < -0.39 is 0 Å². The normalized spacial score (nSPS) is 22.6. The third-order valence-electron chi connectivity index (χ3n) is 3.24. The summed E-state index contributed by atoms with van der Waals surface area (Å²) in [6.07, 6.45) is 3.54. The van der Waals surface area contributed by atoms with Gasteiger partial charge in [0.1, 0.15) is 6.79 Å². The van der Waals surface area contributed by atoms with Crippen LogP contribution in [0.3, 0.4) is 0 Å². The molecule has 0 amide bonds. The number of nitrogens with zero attached hydrogens (tertiary/aromatic N) is 3. The maximum atomic E-state index is 11.7. The summed E-state index contributed by atoms with van der Waals surface area (Å²) >= 11 is 1.73. The van der Waals surface area contributed by atoms with Crippen LogP contribution in [0.25, 0.3) is 11.2 Å². The number of nitrogens with one attached hydrogen (secondary N) is 1. The molecule has 108 valence electrons. The predicted octanol–water partition coefficient (Wildman–Crippen LogP) is 0.0624. The standard InChI is InChI=1S/C11H15N5O3S/c12-11-14-9-8(10(18)15-11)13-4-16(9)7-2-1-6(20-7)3-19-5-17/h4,6-7,17H,1-3,5H2,(H3,12,14,15,18).